The van der Waals surface area contributed by atoms with Crippen molar-refractivity contribution in [3.8, 4) is 0 Å². The van der Waals surface area contributed by atoms with Crippen LogP contribution in [0.25, 0.3) is 0 Å². The van der Waals surface area contributed by atoms with E-state index in [2.05, 4.69) is 5.32 Å². The van der Waals surface area contributed by atoms with Crippen LogP contribution in [-0.2, 0) is 0 Å². The molecule has 0 bridgehead atoms. The lowest BCUT2D eigenvalue weighted by Gasteiger charge is -2.23. The molecular weight excluding hydrogens is 256 g/mol. The van der Waals surface area contributed by atoms with Gasteiger partial charge >= 0.3 is 12.0 Å². The van der Waals surface area contributed by atoms with Gasteiger partial charge in [0.25, 0.3) is 0 Å². The van der Waals surface area contributed by atoms with E-state index in [1.165, 1.54) is 0 Å². The summed E-state index contributed by atoms with van der Waals surface area (Å²) in [5.74, 6) is -1.03. The molecule has 1 fully saturated rings. The number of amides is 2. The van der Waals surface area contributed by atoms with Gasteiger partial charge < -0.3 is 15.3 Å². The molecule has 1 aromatic carbocycles. The van der Waals surface area contributed by atoms with Gasteiger partial charge in [0.15, 0.2) is 0 Å². The standard InChI is InChI=1S/C15H20N2O3/c1-9-7-10(2)13(12(8-9)14(18)19)16-15(20)17-6-4-5-11(17)3/h7-8,11H,4-6H2,1-3H3,(H,16,20)(H,18,19). The molecule has 0 aromatic heterocycles. The Labute approximate surface area is 118 Å². The number of aryl methyl sites for hydroxylation is 2. The Morgan fingerprint density at radius 3 is 2.60 bits per heavy atom. The molecule has 0 spiro atoms. The summed E-state index contributed by atoms with van der Waals surface area (Å²) in [6.45, 7) is 6.38. The summed E-state index contributed by atoms with van der Waals surface area (Å²) in [5.41, 5.74) is 2.17. The number of aromatic carboxylic acids is 1. The Morgan fingerprint density at radius 2 is 2.05 bits per heavy atom. The Kier molecular flexibility index (Phi) is 3.97. The maximum absolute atomic E-state index is 12.3. The van der Waals surface area contributed by atoms with Gasteiger partial charge in [0, 0.05) is 12.6 Å². The maximum atomic E-state index is 12.3. The fourth-order valence-electron chi connectivity index (χ4n) is 2.72. The van der Waals surface area contributed by atoms with Crippen LogP contribution in [-0.4, -0.2) is 34.6 Å². The zero-order valence-corrected chi connectivity index (χ0v) is 12.1. The highest BCUT2D eigenvalue weighted by Crippen LogP contribution is 2.25. The molecule has 1 unspecified atom stereocenters. The van der Waals surface area contributed by atoms with Crippen LogP contribution in [0, 0.1) is 13.8 Å². The van der Waals surface area contributed by atoms with E-state index in [1.54, 1.807) is 11.0 Å². The van der Waals surface area contributed by atoms with E-state index < -0.39 is 5.97 Å². The van der Waals surface area contributed by atoms with Gasteiger partial charge in [-0.05, 0) is 50.8 Å². The molecule has 20 heavy (non-hydrogen) atoms. The highest BCUT2D eigenvalue weighted by atomic mass is 16.4. The first-order chi connectivity index (χ1) is 9.40. The predicted octanol–water partition coefficient (Wildman–Crippen LogP) is 3.02. The minimum absolute atomic E-state index is 0.141. The molecular formula is C15H20N2O3. The lowest BCUT2D eigenvalue weighted by atomic mass is 10.0. The third-order valence-corrected chi connectivity index (χ3v) is 3.76. The number of carbonyl (C=O) groups excluding carboxylic acids is 1. The number of benzene rings is 1. The fourth-order valence-corrected chi connectivity index (χ4v) is 2.72. The summed E-state index contributed by atoms with van der Waals surface area (Å²) >= 11 is 0. The third-order valence-electron chi connectivity index (χ3n) is 3.76. The second-order valence-corrected chi connectivity index (χ2v) is 5.42. The van der Waals surface area contributed by atoms with Gasteiger partial charge in [-0.1, -0.05) is 6.07 Å². The number of carboxylic acids is 1. The van der Waals surface area contributed by atoms with Crippen LogP contribution in [0.1, 0.15) is 41.3 Å². The maximum Gasteiger partial charge on any atom is 0.337 e. The molecule has 1 heterocycles. The van der Waals surface area contributed by atoms with E-state index in [9.17, 15) is 14.7 Å². The first-order valence-electron chi connectivity index (χ1n) is 6.82. The molecule has 5 heteroatoms. The van der Waals surface area contributed by atoms with Crippen molar-refractivity contribution < 1.29 is 14.7 Å². The molecule has 0 saturated carbocycles. The number of nitrogens with one attached hydrogen (secondary N) is 1. The van der Waals surface area contributed by atoms with Crippen molar-refractivity contribution >= 4 is 17.7 Å². The van der Waals surface area contributed by atoms with Crippen LogP contribution < -0.4 is 5.32 Å². The Morgan fingerprint density at radius 1 is 1.35 bits per heavy atom. The van der Waals surface area contributed by atoms with Crippen molar-refractivity contribution in [3.63, 3.8) is 0 Å². The molecule has 0 aliphatic carbocycles. The highest BCUT2D eigenvalue weighted by Gasteiger charge is 2.26. The van der Waals surface area contributed by atoms with E-state index in [0.717, 1.165) is 30.5 Å². The summed E-state index contributed by atoms with van der Waals surface area (Å²) in [4.78, 5) is 25.3. The number of nitrogens with zero attached hydrogens (tertiary/aromatic N) is 1. The summed E-state index contributed by atoms with van der Waals surface area (Å²) < 4.78 is 0. The zero-order valence-electron chi connectivity index (χ0n) is 12.1. The van der Waals surface area contributed by atoms with Crippen LogP contribution >= 0.6 is 0 Å². The average molecular weight is 276 g/mol. The number of hydrogen-bond acceptors (Lipinski definition) is 2. The Hall–Kier alpha value is -2.04. The molecule has 2 amide bonds. The lowest BCUT2D eigenvalue weighted by molar-refractivity contribution is 0.0698. The van der Waals surface area contributed by atoms with Crippen molar-refractivity contribution in [3.05, 3.63) is 28.8 Å². The van der Waals surface area contributed by atoms with Gasteiger partial charge in [-0.2, -0.15) is 0 Å². The van der Waals surface area contributed by atoms with Crippen LogP contribution in [0.4, 0.5) is 10.5 Å². The van der Waals surface area contributed by atoms with Crippen molar-refractivity contribution in [1.29, 1.82) is 0 Å². The number of anilines is 1. The molecule has 1 aliphatic heterocycles. The van der Waals surface area contributed by atoms with Crippen molar-refractivity contribution in [2.75, 3.05) is 11.9 Å². The van der Waals surface area contributed by atoms with Gasteiger partial charge in [-0.15, -0.1) is 0 Å². The average Bonchev–Trinajstić information content (AvgIpc) is 2.78. The third kappa shape index (κ3) is 2.76. The predicted molar refractivity (Wildman–Crippen MR) is 77.3 cm³/mol. The minimum atomic E-state index is -1.03. The van der Waals surface area contributed by atoms with Crippen molar-refractivity contribution in [1.82, 2.24) is 4.90 Å². The largest absolute Gasteiger partial charge is 0.478 e. The molecule has 2 rings (SSSR count). The SMILES string of the molecule is Cc1cc(C)c(NC(=O)N2CCCC2C)c(C(=O)O)c1. The minimum Gasteiger partial charge on any atom is -0.478 e. The number of rotatable bonds is 2. The number of carbonyl (C=O) groups is 2. The van der Waals surface area contributed by atoms with Crippen LogP contribution in [0.15, 0.2) is 12.1 Å². The Balaban J connectivity index is 2.29. The van der Waals surface area contributed by atoms with E-state index in [1.807, 2.05) is 26.8 Å². The topological polar surface area (TPSA) is 69.6 Å². The molecule has 1 atom stereocenters. The molecule has 1 aromatic rings. The van der Waals surface area contributed by atoms with Gasteiger partial charge in [0.1, 0.15) is 0 Å². The number of likely N-dealkylation sites (tertiary alicyclic amines) is 1. The van der Waals surface area contributed by atoms with Crippen LogP contribution in [0.3, 0.4) is 0 Å². The summed E-state index contributed by atoms with van der Waals surface area (Å²) in [5, 5.41) is 12.0. The molecule has 1 saturated heterocycles. The molecule has 1 aliphatic rings. The lowest BCUT2D eigenvalue weighted by Crippen LogP contribution is -2.37. The first-order valence-corrected chi connectivity index (χ1v) is 6.82. The van der Waals surface area contributed by atoms with Gasteiger partial charge in [0.05, 0.1) is 11.3 Å². The van der Waals surface area contributed by atoms with Crippen LogP contribution in [0.5, 0.6) is 0 Å². The number of urea groups is 1. The van der Waals surface area contributed by atoms with E-state index in [4.69, 9.17) is 0 Å². The fraction of sp³-hybridized carbons (Fsp3) is 0.467. The van der Waals surface area contributed by atoms with Gasteiger partial charge in [0.2, 0.25) is 0 Å². The number of carboxylic acid groups (broad SMARTS) is 1. The monoisotopic (exact) mass is 276 g/mol. The second kappa shape index (κ2) is 5.53. The molecule has 108 valence electrons. The first kappa shape index (κ1) is 14.4. The van der Waals surface area contributed by atoms with Gasteiger partial charge in [-0.3, -0.25) is 0 Å². The Bertz CT molecular complexity index is 554. The summed E-state index contributed by atoms with van der Waals surface area (Å²) in [6, 6.07) is 3.44. The summed E-state index contributed by atoms with van der Waals surface area (Å²) in [7, 11) is 0. The zero-order chi connectivity index (χ0) is 14.9. The number of hydrogen-bond donors (Lipinski definition) is 2. The van der Waals surface area contributed by atoms with Crippen LogP contribution in [0.2, 0.25) is 0 Å². The summed E-state index contributed by atoms with van der Waals surface area (Å²) in [6.07, 6.45) is 1.99. The van der Waals surface area contributed by atoms with Gasteiger partial charge in [-0.25, -0.2) is 9.59 Å². The molecule has 0 radical (unpaired) electrons. The van der Waals surface area contributed by atoms with Crippen molar-refractivity contribution in [2.24, 2.45) is 0 Å². The smallest absolute Gasteiger partial charge is 0.337 e. The molecule has 2 N–H and O–H groups in total. The van der Waals surface area contributed by atoms with Crippen molar-refractivity contribution in [2.45, 2.75) is 39.7 Å². The van der Waals surface area contributed by atoms with E-state index in [0.29, 0.717) is 5.69 Å². The van der Waals surface area contributed by atoms with E-state index in [-0.39, 0.29) is 17.6 Å². The highest BCUT2D eigenvalue weighted by molar-refractivity contribution is 6.01. The van der Waals surface area contributed by atoms with E-state index >= 15 is 0 Å². The normalized spacial score (nSPS) is 18.1. The second-order valence-electron chi connectivity index (χ2n) is 5.42. The quantitative estimate of drug-likeness (QED) is 0.872. The molecule has 5 nitrogen and oxygen atoms in total.